The molecule has 0 radical (unpaired) electrons. The second kappa shape index (κ2) is 7.88. The van der Waals surface area contributed by atoms with Gasteiger partial charge in [0.15, 0.2) is 0 Å². The second-order valence-corrected chi connectivity index (χ2v) is 5.94. The number of rotatable bonds is 4. The van der Waals surface area contributed by atoms with Crippen LogP contribution in [0.5, 0.6) is 5.75 Å². The number of piperidine rings is 1. The number of hydrogen-bond acceptors (Lipinski definition) is 4. The Balaban J connectivity index is 0.00000208. The fourth-order valence-corrected chi connectivity index (χ4v) is 3.17. The molecule has 24 heavy (non-hydrogen) atoms. The number of hydrogen-bond donors (Lipinski definition) is 2. The van der Waals surface area contributed by atoms with Gasteiger partial charge >= 0.3 is 0 Å². The third kappa shape index (κ3) is 3.50. The zero-order chi connectivity index (χ0) is 16.3. The first-order valence-electron chi connectivity index (χ1n) is 7.51. The summed E-state index contributed by atoms with van der Waals surface area (Å²) in [5.41, 5.74) is -0.0351. The Bertz CT molecular complexity index is 685. The van der Waals surface area contributed by atoms with Gasteiger partial charge in [-0.2, -0.15) is 5.10 Å². The van der Waals surface area contributed by atoms with E-state index in [1.54, 1.807) is 36.2 Å². The number of benzene rings is 1. The van der Waals surface area contributed by atoms with Gasteiger partial charge in [-0.25, -0.2) is 0 Å². The molecule has 8 heteroatoms. The van der Waals surface area contributed by atoms with Gasteiger partial charge in [-0.3, -0.25) is 9.48 Å². The molecule has 6 nitrogen and oxygen atoms in total. The summed E-state index contributed by atoms with van der Waals surface area (Å²) in [7, 11) is 1.56. The van der Waals surface area contributed by atoms with Gasteiger partial charge in [0.05, 0.1) is 12.1 Å². The van der Waals surface area contributed by atoms with Crippen LogP contribution in [0, 0.1) is 0 Å². The van der Waals surface area contributed by atoms with Crippen LogP contribution in [0.4, 0.5) is 5.69 Å². The first-order valence-corrected chi connectivity index (χ1v) is 7.89. The van der Waals surface area contributed by atoms with Gasteiger partial charge < -0.3 is 15.4 Å². The highest BCUT2D eigenvalue weighted by Gasteiger charge is 2.42. The highest BCUT2D eigenvalue weighted by atomic mass is 35.5. The maximum absolute atomic E-state index is 13.0. The molecule has 1 aliphatic heterocycles. The molecular weight excluding hydrogens is 351 g/mol. The van der Waals surface area contributed by atoms with Gasteiger partial charge in [0, 0.05) is 18.1 Å². The quantitative estimate of drug-likeness (QED) is 0.867. The first-order chi connectivity index (χ1) is 11.2. The van der Waals surface area contributed by atoms with E-state index >= 15 is 0 Å². The summed E-state index contributed by atoms with van der Waals surface area (Å²) >= 11 is 6.13. The Morgan fingerprint density at radius 2 is 2.17 bits per heavy atom. The zero-order valence-corrected chi connectivity index (χ0v) is 14.9. The maximum Gasteiger partial charge on any atom is 0.252 e. The molecular formula is C16H20Cl2N4O2. The third-order valence-corrected chi connectivity index (χ3v) is 4.50. The number of amides is 1. The van der Waals surface area contributed by atoms with Crippen LogP contribution in [0.2, 0.25) is 5.02 Å². The van der Waals surface area contributed by atoms with Gasteiger partial charge in [0.1, 0.15) is 11.3 Å². The summed E-state index contributed by atoms with van der Waals surface area (Å²) in [6.45, 7) is 1.55. The van der Waals surface area contributed by atoms with Crippen molar-refractivity contribution < 1.29 is 9.53 Å². The van der Waals surface area contributed by atoms with Crippen LogP contribution >= 0.6 is 24.0 Å². The smallest absolute Gasteiger partial charge is 0.252 e. The molecule has 1 saturated heterocycles. The fraction of sp³-hybridized carbons (Fsp3) is 0.375. The van der Waals surface area contributed by atoms with Crippen molar-refractivity contribution in [3.8, 4) is 5.75 Å². The van der Waals surface area contributed by atoms with Crippen LogP contribution in [0.1, 0.15) is 12.8 Å². The summed E-state index contributed by atoms with van der Waals surface area (Å²) in [6.07, 6.45) is 4.90. The largest absolute Gasteiger partial charge is 0.495 e. The van der Waals surface area contributed by atoms with E-state index in [0.29, 0.717) is 29.3 Å². The van der Waals surface area contributed by atoms with Crippen molar-refractivity contribution in [2.75, 3.05) is 25.5 Å². The van der Waals surface area contributed by atoms with Crippen LogP contribution in [-0.2, 0) is 10.3 Å². The third-order valence-electron chi connectivity index (χ3n) is 4.21. The molecule has 0 saturated carbocycles. The Morgan fingerprint density at radius 3 is 2.75 bits per heavy atom. The summed E-state index contributed by atoms with van der Waals surface area (Å²) in [5, 5.41) is 11.0. The molecule has 3 rings (SSSR count). The van der Waals surface area contributed by atoms with E-state index in [4.69, 9.17) is 16.3 Å². The van der Waals surface area contributed by atoms with Gasteiger partial charge in [-0.15, -0.1) is 12.4 Å². The van der Waals surface area contributed by atoms with Crippen LogP contribution in [-0.4, -0.2) is 35.9 Å². The van der Waals surface area contributed by atoms with Crippen molar-refractivity contribution >= 4 is 35.6 Å². The van der Waals surface area contributed by atoms with Crippen molar-refractivity contribution in [2.24, 2.45) is 0 Å². The van der Waals surface area contributed by atoms with E-state index < -0.39 is 5.54 Å². The standard InChI is InChI=1S/C16H19ClN4O2.ClH/c1-23-14-4-3-12(11-13(14)17)20-15(22)16(5-8-18-9-6-16)21-10-2-7-19-21;/h2-4,7,10-11,18H,5-6,8-9H2,1H3,(H,20,22);1H. The molecule has 2 heterocycles. The summed E-state index contributed by atoms with van der Waals surface area (Å²) < 4.78 is 6.89. The predicted octanol–water partition coefficient (Wildman–Crippen LogP) is 2.68. The molecule has 1 aliphatic rings. The van der Waals surface area contributed by atoms with E-state index in [2.05, 4.69) is 15.7 Å². The van der Waals surface area contributed by atoms with Gasteiger partial charge in [0.25, 0.3) is 5.91 Å². The van der Waals surface area contributed by atoms with E-state index in [-0.39, 0.29) is 18.3 Å². The molecule has 0 aliphatic carbocycles. The number of carbonyl (C=O) groups is 1. The highest BCUT2D eigenvalue weighted by molar-refractivity contribution is 6.32. The van der Waals surface area contributed by atoms with Crippen molar-refractivity contribution in [2.45, 2.75) is 18.4 Å². The number of anilines is 1. The van der Waals surface area contributed by atoms with Crippen molar-refractivity contribution in [3.63, 3.8) is 0 Å². The molecule has 0 atom stereocenters. The minimum Gasteiger partial charge on any atom is -0.495 e. The van der Waals surface area contributed by atoms with E-state index in [9.17, 15) is 4.79 Å². The van der Waals surface area contributed by atoms with Gasteiger partial charge in [0.2, 0.25) is 0 Å². The number of carbonyl (C=O) groups excluding carboxylic acids is 1. The number of halogens is 2. The van der Waals surface area contributed by atoms with Crippen molar-refractivity contribution in [1.82, 2.24) is 15.1 Å². The lowest BCUT2D eigenvalue weighted by molar-refractivity contribution is -0.126. The van der Waals surface area contributed by atoms with Crippen LogP contribution in [0.25, 0.3) is 0 Å². The molecule has 1 amide bonds. The number of ether oxygens (including phenoxy) is 1. The predicted molar refractivity (Wildman–Crippen MR) is 96.2 cm³/mol. The molecule has 1 aromatic heterocycles. The summed E-state index contributed by atoms with van der Waals surface area (Å²) in [5.74, 6) is 0.497. The number of nitrogens with one attached hydrogen (secondary N) is 2. The minimum absolute atomic E-state index is 0. The Hall–Kier alpha value is -1.76. The summed E-state index contributed by atoms with van der Waals surface area (Å²) in [6, 6.07) is 7.04. The minimum atomic E-state index is -0.679. The van der Waals surface area contributed by atoms with Crippen LogP contribution in [0.3, 0.4) is 0 Å². The lowest BCUT2D eigenvalue weighted by Crippen LogP contribution is -2.52. The lowest BCUT2D eigenvalue weighted by Gasteiger charge is -2.36. The highest BCUT2D eigenvalue weighted by Crippen LogP contribution is 2.31. The zero-order valence-electron chi connectivity index (χ0n) is 13.3. The maximum atomic E-state index is 13.0. The second-order valence-electron chi connectivity index (χ2n) is 5.54. The molecule has 0 unspecified atom stereocenters. The first kappa shape index (κ1) is 18.6. The Morgan fingerprint density at radius 1 is 1.42 bits per heavy atom. The van der Waals surface area contributed by atoms with Crippen molar-refractivity contribution in [1.29, 1.82) is 0 Å². The monoisotopic (exact) mass is 370 g/mol. The summed E-state index contributed by atoms with van der Waals surface area (Å²) in [4.78, 5) is 13.0. The molecule has 0 bridgehead atoms. The number of nitrogens with zero attached hydrogens (tertiary/aromatic N) is 2. The fourth-order valence-electron chi connectivity index (χ4n) is 2.91. The SMILES string of the molecule is COc1ccc(NC(=O)C2(n3cccn3)CCNCC2)cc1Cl.Cl. The molecule has 0 spiro atoms. The molecule has 2 aromatic rings. The van der Waals surface area contributed by atoms with E-state index in [0.717, 1.165) is 13.1 Å². The van der Waals surface area contributed by atoms with Gasteiger partial charge in [-0.1, -0.05) is 11.6 Å². The van der Waals surface area contributed by atoms with Crippen LogP contribution in [0.15, 0.2) is 36.7 Å². The van der Waals surface area contributed by atoms with E-state index in [1.165, 1.54) is 0 Å². The lowest BCUT2D eigenvalue weighted by atomic mass is 9.87. The number of aromatic nitrogens is 2. The average molecular weight is 371 g/mol. The molecule has 1 aromatic carbocycles. The van der Waals surface area contributed by atoms with Gasteiger partial charge in [-0.05, 0) is 50.2 Å². The number of methoxy groups -OCH3 is 1. The average Bonchev–Trinajstić information content (AvgIpc) is 3.10. The topological polar surface area (TPSA) is 68.2 Å². The Labute approximate surface area is 151 Å². The normalized spacial score (nSPS) is 16.1. The van der Waals surface area contributed by atoms with E-state index in [1.807, 2.05) is 12.3 Å². The van der Waals surface area contributed by atoms with Crippen LogP contribution < -0.4 is 15.4 Å². The molecule has 130 valence electrons. The molecule has 2 N–H and O–H groups in total. The Kier molecular flexibility index (Phi) is 6.10. The molecule has 1 fully saturated rings. The van der Waals surface area contributed by atoms with Crippen molar-refractivity contribution in [3.05, 3.63) is 41.7 Å².